The van der Waals surface area contributed by atoms with E-state index in [1.807, 2.05) is 6.92 Å². The SMILES string of the molecule is CCCCN(CC)C(=O)Nc1ccc(Br)c(C(=O)O)c1. The maximum atomic E-state index is 12.1. The smallest absolute Gasteiger partial charge is 0.336 e. The molecule has 0 spiro atoms. The van der Waals surface area contributed by atoms with Crippen LogP contribution in [0.4, 0.5) is 10.5 Å². The van der Waals surface area contributed by atoms with Crippen LogP contribution >= 0.6 is 15.9 Å². The van der Waals surface area contributed by atoms with Crippen LogP contribution in [0.2, 0.25) is 0 Å². The summed E-state index contributed by atoms with van der Waals surface area (Å²) in [4.78, 5) is 24.8. The second-order valence-corrected chi connectivity index (χ2v) is 5.22. The molecule has 0 radical (unpaired) electrons. The molecular weight excluding hydrogens is 324 g/mol. The van der Waals surface area contributed by atoms with E-state index in [4.69, 9.17) is 5.11 Å². The molecule has 2 amide bonds. The third kappa shape index (κ3) is 4.52. The Kier molecular flexibility index (Phi) is 6.51. The second kappa shape index (κ2) is 7.89. The first-order valence-electron chi connectivity index (χ1n) is 6.58. The molecule has 0 fully saturated rings. The Labute approximate surface area is 127 Å². The summed E-state index contributed by atoms with van der Waals surface area (Å²) in [6, 6.07) is 4.51. The van der Waals surface area contributed by atoms with Gasteiger partial charge in [0.15, 0.2) is 0 Å². The molecule has 0 aliphatic heterocycles. The van der Waals surface area contributed by atoms with E-state index >= 15 is 0 Å². The van der Waals surface area contributed by atoms with E-state index in [9.17, 15) is 9.59 Å². The molecule has 110 valence electrons. The van der Waals surface area contributed by atoms with Gasteiger partial charge < -0.3 is 15.3 Å². The number of benzene rings is 1. The van der Waals surface area contributed by atoms with Gasteiger partial charge in [0.1, 0.15) is 0 Å². The number of nitrogens with one attached hydrogen (secondary N) is 1. The predicted octanol–water partition coefficient (Wildman–Crippen LogP) is 3.80. The molecule has 0 heterocycles. The standard InChI is InChI=1S/C14H19BrN2O3/c1-3-5-8-17(4-2)14(20)16-10-6-7-12(15)11(9-10)13(18)19/h6-7,9H,3-5,8H2,1-2H3,(H,16,20)(H,18,19). The number of unbranched alkanes of at least 4 members (excludes halogenated alkanes) is 1. The predicted molar refractivity (Wildman–Crippen MR) is 82.3 cm³/mol. The van der Waals surface area contributed by atoms with E-state index in [0.717, 1.165) is 12.8 Å². The van der Waals surface area contributed by atoms with Gasteiger partial charge in [0.25, 0.3) is 0 Å². The summed E-state index contributed by atoms with van der Waals surface area (Å²) in [5, 5.41) is 11.8. The first-order valence-corrected chi connectivity index (χ1v) is 7.37. The molecule has 0 aliphatic rings. The number of carbonyl (C=O) groups excluding carboxylic acids is 1. The van der Waals surface area contributed by atoms with Crippen molar-refractivity contribution in [1.29, 1.82) is 0 Å². The topological polar surface area (TPSA) is 69.6 Å². The summed E-state index contributed by atoms with van der Waals surface area (Å²) in [5.41, 5.74) is 0.602. The largest absolute Gasteiger partial charge is 0.478 e. The van der Waals surface area contributed by atoms with Crippen LogP contribution in [-0.4, -0.2) is 35.1 Å². The average molecular weight is 343 g/mol. The first kappa shape index (κ1) is 16.5. The van der Waals surface area contributed by atoms with E-state index in [0.29, 0.717) is 23.2 Å². The molecule has 0 saturated carbocycles. The van der Waals surface area contributed by atoms with Crippen molar-refractivity contribution in [2.45, 2.75) is 26.7 Å². The summed E-state index contributed by atoms with van der Waals surface area (Å²) in [7, 11) is 0. The summed E-state index contributed by atoms with van der Waals surface area (Å²) in [6.07, 6.45) is 1.97. The highest BCUT2D eigenvalue weighted by Gasteiger charge is 2.13. The maximum absolute atomic E-state index is 12.1. The number of nitrogens with zero attached hydrogens (tertiary/aromatic N) is 1. The van der Waals surface area contributed by atoms with Crippen molar-refractivity contribution >= 4 is 33.6 Å². The number of aromatic carboxylic acids is 1. The van der Waals surface area contributed by atoms with Crippen LogP contribution in [0.5, 0.6) is 0 Å². The molecular formula is C14H19BrN2O3. The highest BCUT2D eigenvalue weighted by molar-refractivity contribution is 9.10. The Bertz CT molecular complexity index is 491. The Morgan fingerprint density at radius 1 is 1.35 bits per heavy atom. The molecule has 6 heteroatoms. The zero-order valence-corrected chi connectivity index (χ0v) is 13.2. The van der Waals surface area contributed by atoms with E-state index in [1.54, 1.807) is 17.0 Å². The Hall–Kier alpha value is -1.56. The lowest BCUT2D eigenvalue weighted by molar-refractivity contribution is 0.0696. The van der Waals surface area contributed by atoms with Crippen molar-refractivity contribution in [1.82, 2.24) is 4.90 Å². The van der Waals surface area contributed by atoms with Crippen LogP contribution in [0.1, 0.15) is 37.0 Å². The molecule has 0 aliphatic carbocycles. The minimum absolute atomic E-state index is 0.124. The van der Waals surface area contributed by atoms with Gasteiger partial charge in [-0.05, 0) is 47.5 Å². The highest BCUT2D eigenvalue weighted by Crippen LogP contribution is 2.21. The lowest BCUT2D eigenvalue weighted by Gasteiger charge is -2.21. The molecule has 20 heavy (non-hydrogen) atoms. The summed E-state index contributed by atoms with van der Waals surface area (Å²) >= 11 is 3.17. The van der Waals surface area contributed by atoms with Gasteiger partial charge in [0.2, 0.25) is 0 Å². The van der Waals surface area contributed by atoms with Crippen molar-refractivity contribution in [2.75, 3.05) is 18.4 Å². The number of amides is 2. The third-order valence-electron chi connectivity index (χ3n) is 2.90. The quantitative estimate of drug-likeness (QED) is 0.825. The van der Waals surface area contributed by atoms with Crippen molar-refractivity contribution in [3.63, 3.8) is 0 Å². The third-order valence-corrected chi connectivity index (χ3v) is 3.59. The average Bonchev–Trinajstić information content (AvgIpc) is 2.41. The number of anilines is 1. The zero-order chi connectivity index (χ0) is 15.1. The van der Waals surface area contributed by atoms with Gasteiger partial charge in [-0.15, -0.1) is 0 Å². The van der Waals surface area contributed by atoms with Crippen LogP contribution in [0.25, 0.3) is 0 Å². The van der Waals surface area contributed by atoms with Crippen LogP contribution < -0.4 is 5.32 Å². The fourth-order valence-corrected chi connectivity index (χ4v) is 2.14. The normalized spacial score (nSPS) is 10.2. The minimum Gasteiger partial charge on any atom is -0.478 e. The van der Waals surface area contributed by atoms with Crippen LogP contribution in [0.15, 0.2) is 22.7 Å². The molecule has 1 aromatic carbocycles. The van der Waals surface area contributed by atoms with Crippen LogP contribution in [-0.2, 0) is 0 Å². The van der Waals surface area contributed by atoms with Gasteiger partial charge in [-0.1, -0.05) is 13.3 Å². The van der Waals surface area contributed by atoms with Crippen molar-refractivity contribution in [2.24, 2.45) is 0 Å². The van der Waals surface area contributed by atoms with Gasteiger partial charge in [-0.25, -0.2) is 9.59 Å². The van der Waals surface area contributed by atoms with E-state index in [1.165, 1.54) is 6.07 Å². The molecule has 0 saturated heterocycles. The van der Waals surface area contributed by atoms with E-state index < -0.39 is 5.97 Å². The van der Waals surface area contributed by atoms with Crippen LogP contribution in [0, 0.1) is 0 Å². The number of carbonyl (C=O) groups is 2. The van der Waals surface area contributed by atoms with Gasteiger partial charge in [-0.3, -0.25) is 0 Å². The fourth-order valence-electron chi connectivity index (χ4n) is 1.72. The lowest BCUT2D eigenvalue weighted by Crippen LogP contribution is -2.35. The maximum Gasteiger partial charge on any atom is 0.336 e. The van der Waals surface area contributed by atoms with Gasteiger partial charge in [-0.2, -0.15) is 0 Å². The number of carboxylic acid groups (broad SMARTS) is 1. The number of carboxylic acids is 1. The van der Waals surface area contributed by atoms with Crippen molar-refractivity contribution in [3.05, 3.63) is 28.2 Å². The Balaban J connectivity index is 2.79. The van der Waals surface area contributed by atoms with Crippen molar-refractivity contribution in [3.8, 4) is 0 Å². The molecule has 5 nitrogen and oxygen atoms in total. The highest BCUT2D eigenvalue weighted by atomic mass is 79.9. The van der Waals surface area contributed by atoms with Crippen molar-refractivity contribution < 1.29 is 14.7 Å². The Morgan fingerprint density at radius 2 is 2.05 bits per heavy atom. The number of rotatable bonds is 6. The van der Waals surface area contributed by atoms with E-state index in [2.05, 4.69) is 28.2 Å². The molecule has 0 unspecified atom stereocenters. The number of hydrogen-bond acceptors (Lipinski definition) is 2. The summed E-state index contributed by atoms with van der Waals surface area (Å²) in [5.74, 6) is -1.04. The first-order chi connectivity index (χ1) is 9.49. The lowest BCUT2D eigenvalue weighted by atomic mass is 10.2. The number of urea groups is 1. The fraction of sp³-hybridized carbons (Fsp3) is 0.429. The monoisotopic (exact) mass is 342 g/mol. The minimum atomic E-state index is -1.04. The second-order valence-electron chi connectivity index (χ2n) is 4.36. The molecule has 0 atom stereocenters. The molecule has 1 aromatic rings. The van der Waals surface area contributed by atoms with Gasteiger partial charge >= 0.3 is 12.0 Å². The van der Waals surface area contributed by atoms with Gasteiger partial charge in [0.05, 0.1) is 5.56 Å². The molecule has 2 N–H and O–H groups in total. The zero-order valence-electron chi connectivity index (χ0n) is 11.6. The summed E-state index contributed by atoms with van der Waals surface area (Å²) < 4.78 is 0.487. The Morgan fingerprint density at radius 3 is 2.60 bits per heavy atom. The van der Waals surface area contributed by atoms with E-state index in [-0.39, 0.29) is 11.6 Å². The molecule has 1 rings (SSSR count). The van der Waals surface area contributed by atoms with Gasteiger partial charge in [0, 0.05) is 23.2 Å². The summed E-state index contributed by atoms with van der Waals surface area (Å²) in [6.45, 7) is 5.30. The number of hydrogen-bond donors (Lipinski definition) is 2. The number of halogens is 1. The molecule has 0 aromatic heterocycles. The molecule has 0 bridgehead atoms. The van der Waals surface area contributed by atoms with Crippen LogP contribution in [0.3, 0.4) is 0 Å².